The van der Waals surface area contributed by atoms with E-state index in [4.69, 9.17) is 4.74 Å². The second kappa shape index (κ2) is 15.3. The number of likely N-dealkylation sites (tertiary alicyclic amines) is 1. The number of carbonyl (C=O) groups is 2. The van der Waals surface area contributed by atoms with Gasteiger partial charge in [-0.2, -0.15) is 22.7 Å². The van der Waals surface area contributed by atoms with Crippen molar-refractivity contribution in [2.45, 2.75) is 38.8 Å². The van der Waals surface area contributed by atoms with E-state index >= 15 is 0 Å². The lowest BCUT2D eigenvalue weighted by atomic mass is 9.97. The van der Waals surface area contributed by atoms with E-state index in [-0.39, 0.29) is 39.0 Å². The van der Waals surface area contributed by atoms with Crippen molar-refractivity contribution in [2.75, 3.05) is 37.7 Å². The van der Waals surface area contributed by atoms with Crippen LogP contribution < -0.4 is 14.5 Å². The summed E-state index contributed by atoms with van der Waals surface area (Å²) >= 11 is 1.17. The Bertz CT molecular complexity index is 1420. The van der Waals surface area contributed by atoms with Crippen LogP contribution >= 0.6 is 32.5 Å². The number of unbranched alkanes of at least 4 members (excludes halogenated alkanes) is 1. The van der Waals surface area contributed by atoms with Crippen LogP contribution in [0.2, 0.25) is 0 Å². The third-order valence-electron chi connectivity index (χ3n) is 7.23. The number of carboxylic acid groups (broad SMARTS) is 1. The molecule has 0 aromatic heterocycles. The van der Waals surface area contributed by atoms with Gasteiger partial charge in [0, 0.05) is 34.1 Å². The molecule has 0 saturated carbocycles. The van der Waals surface area contributed by atoms with Crippen molar-refractivity contribution in [1.29, 1.82) is 0 Å². The number of carbonyl (C=O) groups excluding carboxylic acids is 2. The molecule has 230 valence electrons. The number of halogens is 4. The van der Waals surface area contributed by atoms with Gasteiger partial charge in [0.05, 0.1) is 36.4 Å². The summed E-state index contributed by atoms with van der Waals surface area (Å²) in [6.07, 6.45) is -0.0868. The van der Waals surface area contributed by atoms with Gasteiger partial charge in [-0.15, -0.1) is 20.7 Å². The Hall–Kier alpha value is -2.80. The molecule has 0 atom stereocenters. The summed E-state index contributed by atoms with van der Waals surface area (Å²) in [5.41, 5.74) is 0.889. The van der Waals surface area contributed by atoms with Crippen LogP contribution in [0.4, 0.5) is 13.2 Å². The lowest BCUT2D eigenvalue weighted by Gasteiger charge is -2.32. The number of alkyl halides is 4. The van der Waals surface area contributed by atoms with E-state index in [0.717, 1.165) is 24.5 Å². The van der Waals surface area contributed by atoms with Gasteiger partial charge in [-0.05, 0) is 67.6 Å². The van der Waals surface area contributed by atoms with Crippen LogP contribution in [0.15, 0.2) is 42.5 Å². The average molecular weight is 729 g/mol. The van der Waals surface area contributed by atoms with E-state index in [1.54, 1.807) is 17.0 Å². The van der Waals surface area contributed by atoms with Crippen molar-refractivity contribution in [2.24, 2.45) is 5.92 Å². The van der Waals surface area contributed by atoms with Crippen LogP contribution in [0.3, 0.4) is 0 Å². The molecule has 0 spiro atoms. The molecule has 12 heteroatoms. The fourth-order valence-electron chi connectivity index (χ4n) is 4.77. The Morgan fingerprint density at radius 2 is 1.98 bits per heavy atom. The van der Waals surface area contributed by atoms with Gasteiger partial charge < -0.3 is 14.6 Å². The number of hydrogen-bond acceptors (Lipinski definition) is 6. The smallest absolute Gasteiger partial charge is 0.425 e. The van der Waals surface area contributed by atoms with E-state index in [1.165, 1.54) is 17.8 Å². The number of piperidine rings is 1. The van der Waals surface area contributed by atoms with Crippen LogP contribution in [-0.2, 0) is 11.0 Å². The fourth-order valence-corrected chi connectivity index (χ4v) is 6.39. The number of ether oxygens (including phenoxy) is 1. The molecule has 2 aliphatic rings. The van der Waals surface area contributed by atoms with Gasteiger partial charge in [0.2, 0.25) is 0 Å². The Morgan fingerprint density at radius 3 is 2.63 bits per heavy atom. The van der Waals surface area contributed by atoms with Crippen LogP contribution in [-0.4, -0.2) is 73.6 Å². The molecule has 1 fully saturated rings. The normalized spacial score (nSPS) is 16.1. The van der Waals surface area contributed by atoms with Crippen LogP contribution in [0.1, 0.15) is 59.7 Å². The number of aliphatic carboxylic acids is 1. The van der Waals surface area contributed by atoms with Crippen molar-refractivity contribution in [3.63, 3.8) is 0 Å². The molecular weight excluding hydrogens is 694 g/mol. The predicted octanol–water partition coefficient (Wildman–Crippen LogP) is 4.36. The molecule has 2 heterocycles. The van der Waals surface area contributed by atoms with Crippen LogP contribution in [0.5, 0.6) is 5.75 Å². The second-order valence-corrected chi connectivity index (χ2v) is 13.2. The van der Waals surface area contributed by atoms with Gasteiger partial charge in [-0.3, -0.25) is 4.90 Å². The van der Waals surface area contributed by atoms with Gasteiger partial charge >= 0.3 is 17.3 Å². The van der Waals surface area contributed by atoms with Gasteiger partial charge in [0.1, 0.15) is 23.5 Å². The van der Waals surface area contributed by atoms with Crippen molar-refractivity contribution < 1.29 is 32.6 Å². The van der Waals surface area contributed by atoms with Crippen molar-refractivity contribution in [1.82, 2.24) is 14.5 Å². The van der Waals surface area contributed by atoms with E-state index in [9.17, 15) is 27.9 Å². The first kappa shape index (κ1) is 33.1. The molecule has 2 aliphatic heterocycles. The van der Waals surface area contributed by atoms with Gasteiger partial charge in [0.25, 0.3) is 5.04 Å². The minimum Gasteiger partial charge on any atom is -0.550 e. The minimum absolute atomic E-state index is 0.0189. The molecule has 0 bridgehead atoms. The highest BCUT2D eigenvalue weighted by Crippen LogP contribution is 2.38. The topological polar surface area (TPSA) is 87.0 Å². The minimum atomic E-state index is -4.64. The quantitative estimate of drug-likeness (QED) is 0.140. The lowest BCUT2D eigenvalue weighted by molar-refractivity contribution is -0.312. The Balaban J connectivity index is 1.49. The molecule has 2 aromatic rings. The molecule has 2 aromatic carbocycles. The number of amidine groups is 1. The third-order valence-corrected chi connectivity index (χ3v) is 9.32. The van der Waals surface area contributed by atoms with Crippen molar-refractivity contribution >= 4 is 58.6 Å². The molecular formula is C31H34F3IN3O4S+. The molecule has 0 radical (unpaired) electrons. The van der Waals surface area contributed by atoms with Crippen molar-refractivity contribution in [3.05, 3.63) is 71.1 Å². The summed E-state index contributed by atoms with van der Waals surface area (Å²) in [5.74, 6) is -2.00. The second-order valence-electron chi connectivity index (χ2n) is 10.2. The number of nitrogens with zero attached hydrogens (tertiary/aromatic N) is 3. The first-order valence-corrected chi connectivity index (χ1v) is 18.3. The first-order chi connectivity index (χ1) is 20.6. The summed E-state index contributed by atoms with van der Waals surface area (Å²) in [7, 11) is 0. The Labute approximate surface area is 264 Å². The van der Waals surface area contributed by atoms with Gasteiger partial charge in [-0.25, -0.2) is 4.79 Å². The summed E-state index contributed by atoms with van der Waals surface area (Å²) in [4.78, 5) is 30.2. The Morgan fingerprint density at radius 1 is 1.23 bits per heavy atom. The molecule has 0 N–H and O–H groups in total. The number of amides is 1. The largest absolute Gasteiger partial charge is 0.550 e. The molecule has 43 heavy (non-hydrogen) atoms. The highest BCUT2D eigenvalue weighted by atomic mass is 127. The third kappa shape index (κ3) is 8.87. The number of hydrogen-bond donors (Lipinski definition) is 0. The zero-order chi connectivity index (χ0) is 31.0. The van der Waals surface area contributed by atoms with E-state index in [0.29, 0.717) is 60.4 Å². The maximum absolute atomic E-state index is 14.0. The fraction of sp³-hybridized carbons (Fsp3) is 0.419. The molecule has 0 unspecified atom stereocenters. The number of rotatable bonds is 12. The highest BCUT2D eigenvalue weighted by Gasteiger charge is 2.41. The monoisotopic (exact) mass is 728 g/mol. The van der Waals surface area contributed by atoms with Crippen molar-refractivity contribution in [3.8, 4) is 5.75 Å². The zero-order valence-electron chi connectivity index (χ0n) is 24.0. The highest BCUT2D eigenvalue weighted by molar-refractivity contribution is 14.2. The predicted molar refractivity (Wildman–Crippen MR) is 172 cm³/mol. The molecule has 0 aliphatic carbocycles. The summed E-state index contributed by atoms with van der Waals surface area (Å²) in [6, 6.07) is 11.3. The van der Waals surface area contributed by atoms with E-state index in [2.05, 4.69) is 13.6 Å². The maximum atomic E-state index is 14.0. The van der Waals surface area contributed by atoms with E-state index in [1.807, 2.05) is 36.4 Å². The Kier molecular flexibility index (Phi) is 11.8. The molecule has 1 amide bonds. The maximum Gasteiger partial charge on any atom is 0.425 e. The van der Waals surface area contributed by atoms with Gasteiger partial charge in [0.15, 0.2) is 0 Å². The summed E-state index contributed by atoms with van der Waals surface area (Å²) in [6.45, 7) is 3.97. The number of benzene rings is 2. The zero-order valence-corrected chi connectivity index (χ0v) is 27.0. The van der Waals surface area contributed by atoms with E-state index < -0.39 is 23.6 Å². The van der Waals surface area contributed by atoms with Gasteiger partial charge in [-0.1, -0.05) is 13.3 Å². The number of thioether (sulfide) groups is 1. The first-order valence-electron chi connectivity index (χ1n) is 14.1. The number of carboxylic acids is 1. The molecule has 1 saturated heterocycles. The molecule has 4 rings (SSSR count). The summed E-state index contributed by atoms with van der Waals surface area (Å²) < 4.78 is 54.2. The lowest BCUT2D eigenvalue weighted by Crippen LogP contribution is -2.42. The SMILES string of the molecule is CCCCN(C(=O)c1cccc([CH+]C=IC)c1)C1=[N+]=C(c2ccc(OCCN3CCC(C(=O)[O-])CC3)c(C(F)(F)F)c2)S1. The standard InChI is InChI=1S/C31H34F3IN3O4S/c1-3-4-14-38(28(39)24-7-5-6-21(19-24)10-13-35-2)30-36-27(43-30)23-8-9-26(25(20-23)31(32,33)34)42-18-17-37-15-11-22(12-16-37)29(40)41/h5-10,13,19-20,22H,3-4,11-12,14-18H2,1-2H3/q+1. The van der Waals surface area contributed by atoms with Crippen LogP contribution in [0, 0.1) is 12.3 Å². The summed E-state index contributed by atoms with van der Waals surface area (Å²) in [5, 5.41) is 11.9. The van der Waals surface area contributed by atoms with Crippen LogP contribution in [0.25, 0.3) is 0 Å². The average Bonchev–Trinajstić information content (AvgIpc) is 2.97. The molecule has 7 nitrogen and oxygen atoms in total.